The van der Waals surface area contributed by atoms with Crippen molar-refractivity contribution < 1.29 is 39.6 Å². The molecule has 9 aromatic carbocycles. The lowest BCUT2D eigenvalue weighted by atomic mass is 9.86. The molecule has 0 saturated heterocycles. The summed E-state index contributed by atoms with van der Waals surface area (Å²) >= 11 is 0. The van der Waals surface area contributed by atoms with Gasteiger partial charge in [0, 0.05) is 35.1 Å². The van der Waals surface area contributed by atoms with E-state index in [0.29, 0.717) is 79.0 Å². The fourth-order valence-corrected chi connectivity index (χ4v) is 18.1. The van der Waals surface area contributed by atoms with E-state index in [0.717, 1.165) is 151 Å². The van der Waals surface area contributed by atoms with Crippen LogP contribution < -0.4 is 21.3 Å². The van der Waals surface area contributed by atoms with Crippen molar-refractivity contribution in [2.24, 2.45) is 23.7 Å². The van der Waals surface area contributed by atoms with Crippen LogP contribution in [0.5, 0.6) is 0 Å². The molecule has 4 aliphatic rings. The Morgan fingerprint density at radius 2 is 0.542 bits per heavy atom. The Morgan fingerprint density at radius 3 is 0.870 bits per heavy atom. The van der Waals surface area contributed by atoms with Gasteiger partial charge in [0.25, 0.3) is 0 Å². The smallest absolute Gasteiger partial charge is 0.229 e. The van der Waals surface area contributed by atoms with Crippen LogP contribution in [0.25, 0.3) is 55.8 Å². The number of carbonyl (C=O) groups excluding carboxylic acids is 4. The summed E-state index contributed by atoms with van der Waals surface area (Å²) in [5, 5.41) is 51.6. The topological polar surface area (TPSA) is 300 Å². The summed E-state index contributed by atoms with van der Waals surface area (Å²) in [6.45, 7) is 0.0767. The van der Waals surface area contributed by atoms with Crippen LogP contribution >= 0.6 is 0 Å². The van der Waals surface area contributed by atoms with E-state index in [4.69, 9.17) is 19.9 Å². The van der Waals surface area contributed by atoms with E-state index in [1.807, 2.05) is 194 Å². The Kier molecular flexibility index (Phi) is 36.0. The maximum atomic E-state index is 13.0. The average Bonchev–Trinajstić information content (AvgIpc) is 0.737. The number of nitrogens with zero attached hydrogens (tertiary/aromatic N) is 8. The van der Waals surface area contributed by atoms with E-state index in [2.05, 4.69) is 77.6 Å². The third-order valence-electron chi connectivity index (χ3n) is 25.5. The number of aliphatic hydroxyl groups is 4. The summed E-state index contributed by atoms with van der Waals surface area (Å²) in [5.74, 6) is 4.45. The largest absolute Gasteiger partial charge is 0.392 e. The van der Waals surface area contributed by atoms with Gasteiger partial charge in [0.15, 0.2) is 23.3 Å². The van der Waals surface area contributed by atoms with Crippen LogP contribution in [0.4, 0.5) is 23.3 Å². The number of benzene rings is 9. The third-order valence-corrected chi connectivity index (χ3v) is 25.5. The maximum Gasteiger partial charge on any atom is 0.229 e. The number of anilines is 4. The predicted molar refractivity (Wildman–Crippen MR) is 521 cm³/mol. The summed E-state index contributed by atoms with van der Waals surface area (Å²) in [5.41, 5.74) is 18.3. The normalized spacial score (nSPS) is 14.3. The molecule has 0 bridgehead atoms. The number of aromatic nitrogens is 8. The zero-order valence-corrected chi connectivity index (χ0v) is 75.3. The number of nitrogens with one attached hydrogen (secondary N) is 4. The number of aryl methyl sites for hydroxylation is 2. The standard InChI is InChI=1S/C30H31N3O2.C28H33N3O2.C27H31N3O2.C26H29N3O2/c34-20-22-10-14-25(15-11-22)28-19-31-30(27(32-28)17-21-6-2-1-3-7-21)33-29(35)18-23-12-13-24-8-4-5-9-26(24)16-23;32-20-23-14-16-24(17-15-23)26-19-29-28(25(30-26)18-22-10-5-2-6-11-22)31-27(33)13-7-12-21-8-3-1-4-9-21;31-19-22-11-14-23(15-12-22)25-18-28-27(24(29-25)17-21-9-5-2-6-10-21)30-26(32)16-13-20-7-3-1-4-8-20;30-18-21-11-13-22(14-12-21)24-17-27-26(23(28-24)15-19-7-3-1-4-8-19)29-25(31)16-20-9-5-2-6-10-20/h4-5,8-16,19,21,34H,1-3,6-7,17-18,20H2,(H,31,33,35);1,3-4,8-9,14-17,19,22,32H,2,5-7,10-13,18,20H2,(H,29,31,33);1,3-4,7-8,11-12,14-15,18,21,31H,2,5-6,9-10,13,16-17,19H2,(H,28,30,32);2,5-6,9-14,17,19,30H,1,3-4,7-8,15-16,18H2,(H,27,29,31). The Balaban J connectivity index is 0.000000141. The zero-order chi connectivity index (χ0) is 90.6. The van der Waals surface area contributed by atoms with Gasteiger partial charge in [-0.3, -0.25) is 19.2 Å². The fraction of sp³-hybridized carbons (Fsp3) is 0.351. The lowest BCUT2D eigenvalue weighted by molar-refractivity contribution is -0.117. The van der Waals surface area contributed by atoms with E-state index >= 15 is 0 Å². The van der Waals surface area contributed by atoms with Crippen molar-refractivity contribution >= 4 is 57.7 Å². The molecule has 4 aromatic heterocycles. The van der Waals surface area contributed by atoms with Gasteiger partial charge in [-0.05, 0) is 124 Å². The molecule has 20 nitrogen and oxygen atoms in total. The molecule has 17 rings (SSSR count). The van der Waals surface area contributed by atoms with Crippen molar-refractivity contribution in [1.82, 2.24) is 39.9 Å². The SMILES string of the molecule is O=C(CCCc1ccccc1)Nc1ncc(-c2ccc(CO)cc2)nc1CC1CCCCC1.O=C(CCc1ccccc1)Nc1ncc(-c2ccc(CO)cc2)nc1CC1CCCCC1.O=C(Cc1ccc2ccccc2c1)Nc1ncc(-c2ccc(CO)cc2)nc1CC1CCCCC1.O=C(Cc1ccccc1)Nc1ncc(-c2ccc(CO)cc2)nc1CC1CCCCC1. The minimum absolute atomic E-state index is 0.00910. The van der Waals surface area contributed by atoms with Gasteiger partial charge in [0.2, 0.25) is 23.6 Å². The Morgan fingerprint density at radius 1 is 0.267 bits per heavy atom. The molecule has 0 aliphatic heterocycles. The van der Waals surface area contributed by atoms with Gasteiger partial charge in [-0.25, -0.2) is 39.9 Å². The average molecular weight is 1750 g/mol. The lowest BCUT2D eigenvalue weighted by Crippen LogP contribution is -2.19. The molecule has 0 spiro atoms. The van der Waals surface area contributed by atoms with E-state index < -0.39 is 0 Å². The van der Waals surface area contributed by atoms with Crippen LogP contribution in [-0.2, 0) is 97.0 Å². The molecule has 0 unspecified atom stereocenters. The minimum Gasteiger partial charge on any atom is -0.392 e. The molecule has 4 fully saturated rings. The first-order valence-electron chi connectivity index (χ1n) is 47.3. The molecule has 4 amide bonds. The quantitative estimate of drug-likeness (QED) is 0.0200. The lowest BCUT2D eigenvalue weighted by Gasteiger charge is -2.22. The second kappa shape index (κ2) is 49.9. The third kappa shape index (κ3) is 29.4. The first-order chi connectivity index (χ1) is 64.3. The van der Waals surface area contributed by atoms with Crippen molar-refractivity contribution in [3.05, 3.63) is 323 Å². The monoisotopic (exact) mass is 1750 g/mol. The van der Waals surface area contributed by atoms with E-state index in [-0.39, 0.29) is 50.1 Å². The molecule has 4 heterocycles. The van der Waals surface area contributed by atoms with Crippen molar-refractivity contribution in [3.63, 3.8) is 0 Å². The molecule has 20 heteroatoms. The molecule has 131 heavy (non-hydrogen) atoms. The number of rotatable bonds is 31. The Hall–Kier alpha value is -12.7. The summed E-state index contributed by atoms with van der Waals surface area (Å²) < 4.78 is 0. The first kappa shape index (κ1) is 94.4. The van der Waals surface area contributed by atoms with Crippen LogP contribution in [0.1, 0.15) is 215 Å². The van der Waals surface area contributed by atoms with E-state index in [1.54, 1.807) is 24.8 Å². The van der Waals surface area contributed by atoms with Gasteiger partial charge >= 0.3 is 0 Å². The number of hydrogen-bond donors (Lipinski definition) is 8. The molecule has 0 atom stereocenters. The summed E-state index contributed by atoms with van der Waals surface area (Å²) in [6, 6.07) is 75.2. The second-order valence-electron chi connectivity index (χ2n) is 35.5. The highest BCUT2D eigenvalue weighted by Gasteiger charge is 2.26. The maximum absolute atomic E-state index is 13.0. The van der Waals surface area contributed by atoms with Crippen molar-refractivity contribution in [1.29, 1.82) is 0 Å². The predicted octanol–water partition coefficient (Wildman–Crippen LogP) is 22.1. The highest BCUT2D eigenvalue weighted by Crippen LogP contribution is 2.36. The Bertz CT molecular complexity index is 5770. The van der Waals surface area contributed by atoms with Crippen LogP contribution in [-0.4, -0.2) is 83.9 Å². The zero-order valence-electron chi connectivity index (χ0n) is 75.3. The number of carbonyl (C=O) groups is 4. The fourth-order valence-electron chi connectivity index (χ4n) is 18.1. The molecule has 8 N–H and O–H groups in total. The number of aliphatic hydroxyl groups excluding tert-OH is 4. The second-order valence-corrected chi connectivity index (χ2v) is 35.5. The summed E-state index contributed by atoms with van der Waals surface area (Å²) in [7, 11) is 0. The number of amides is 4. The number of hydrogen-bond acceptors (Lipinski definition) is 16. The van der Waals surface area contributed by atoms with Crippen molar-refractivity contribution in [3.8, 4) is 45.0 Å². The van der Waals surface area contributed by atoms with Gasteiger partial charge in [0.1, 0.15) is 0 Å². The molecule has 676 valence electrons. The molecule has 0 radical (unpaired) electrons. The highest BCUT2D eigenvalue weighted by atomic mass is 16.3. The molecule has 4 saturated carbocycles. The Labute approximate surface area is 770 Å². The minimum atomic E-state index is -0.0838. The molecule has 13 aromatic rings. The van der Waals surface area contributed by atoms with Gasteiger partial charge in [-0.2, -0.15) is 0 Å². The van der Waals surface area contributed by atoms with Crippen LogP contribution in [0.3, 0.4) is 0 Å². The molecular formula is C111H124N12O8. The van der Waals surface area contributed by atoms with Crippen LogP contribution in [0.15, 0.2) is 255 Å². The summed E-state index contributed by atoms with van der Waals surface area (Å²) in [6.07, 6.45) is 39.1. The van der Waals surface area contributed by atoms with Crippen LogP contribution in [0.2, 0.25) is 0 Å². The van der Waals surface area contributed by atoms with Gasteiger partial charge in [-0.15, -0.1) is 0 Å². The van der Waals surface area contributed by atoms with Crippen molar-refractivity contribution in [2.75, 3.05) is 21.3 Å². The van der Waals surface area contributed by atoms with Gasteiger partial charge in [-0.1, -0.05) is 359 Å². The molecular weight excluding hydrogens is 1630 g/mol. The summed E-state index contributed by atoms with van der Waals surface area (Å²) in [4.78, 5) is 89.2. The van der Waals surface area contributed by atoms with Crippen LogP contribution in [0, 0.1) is 23.7 Å². The van der Waals surface area contributed by atoms with E-state index in [9.17, 15) is 39.6 Å². The van der Waals surface area contributed by atoms with Gasteiger partial charge < -0.3 is 41.7 Å². The number of fused-ring (bicyclic) bond motifs is 1. The molecule has 4 aliphatic carbocycles. The van der Waals surface area contributed by atoms with E-state index in [1.165, 1.54) is 139 Å². The van der Waals surface area contributed by atoms with Gasteiger partial charge in [0.05, 0.1) is 110 Å². The van der Waals surface area contributed by atoms with Crippen molar-refractivity contribution in [2.45, 2.75) is 225 Å². The highest BCUT2D eigenvalue weighted by molar-refractivity contribution is 5.94. The first-order valence-corrected chi connectivity index (χ1v) is 47.3.